The van der Waals surface area contributed by atoms with E-state index in [-0.39, 0.29) is 12.5 Å². The minimum Gasteiger partial charge on any atom is -0.272 e. The van der Waals surface area contributed by atoms with Gasteiger partial charge in [0.25, 0.3) is 0 Å². The lowest BCUT2D eigenvalue weighted by Crippen LogP contribution is -2.23. The summed E-state index contributed by atoms with van der Waals surface area (Å²) < 4.78 is 12.9. The largest absolute Gasteiger partial charge is 0.272 e. The highest BCUT2D eigenvalue weighted by atomic mass is 19.2. The number of amides is 1. The van der Waals surface area contributed by atoms with E-state index in [1.54, 1.807) is 0 Å². The van der Waals surface area contributed by atoms with Crippen LogP contribution < -0.4 is 0 Å². The molecule has 78 valence electrons. The van der Waals surface area contributed by atoms with Gasteiger partial charge in [-0.1, -0.05) is 37.6 Å². The van der Waals surface area contributed by atoms with Crippen LogP contribution in [0.4, 0.5) is 4.48 Å². The Kier molecular flexibility index (Phi) is 7.65. The molecule has 0 aromatic rings. The van der Waals surface area contributed by atoms with Crippen molar-refractivity contribution >= 4 is 5.91 Å². The van der Waals surface area contributed by atoms with E-state index in [0.717, 1.165) is 25.7 Å². The fourth-order valence-corrected chi connectivity index (χ4v) is 1.14. The molecule has 0 atom stereocenters. The van der Waals surface area contributed by atoms with Gasteiger partial charge in [0.1, 0.15) is 0 Å². The van der Waals surface area contributed by atoms with Crippen LogP contribution in [0.3, 0.4) is 0 Å². The predicted molar refractivity (Wildman–Crippen MR) is 51.9 cm³/mol. The van der Waals surface area contributed by atoms with Crippen molar-refractivity contribution in [2.24, 2.45) is 0 Å². The minimum atomic E-state index is -0.376. The lowest BCUT2D eigenvalue weighted by molar-refractivity contribution is -0.146. The molecule has 0 aliphatic carbocycles. The normalized spacial score (nSPS) is 10.1. The summed E-state index contributed by atoms with van der Waals surface area (Å²) in [5, 5.41) is 0.360. The molecule has 0 aliphatic rings. The Morgan fingerprint density at radius 2 is 1.85 bits per heavy atom. The molecule has 0 bridgehead atoms. The second kappa shape index (κ2) is 8.02. The molecule has 0 aliphatic heterocycles. The van der Waals surface area contributed by atoms with Gasteiger partial charge in [0, 0.05) is 6.42 Å². The van der Waals surface area contributed by atoms with Crippen molar-refractivity contribution in [3.05, 3.63) is 0 Å². The summed E-state index contributed by atoms with van der Waals surface area (Å²) in [6.07, 6.45) is 5.08. The maximum Gasteiger partial charge on any atom is 0.250 e. The van der Waals surface area contributed by atoms with Gasteiger partial charge in [0.05, 0.1) is 6.54 Å². The molecule has 0 aromatic carbocycles. The number of hydrogen-bond donors (Lipinski definition) is 0. The van der Waals surface area contributed by atoms with Crippen molar-refractivity contribution in [2.75, 3.05) is 6.54 Å². The van der Waals surface area contributed by atoms with E-state index in [2.05, 4.69) is 6.92 Å². The van der Waals surface area contributed by atoms with Crippen LogP contribution in [0.15, 0.2) is 0 Å². The Morgan fingerprint density at radius 3 is 2.38 bits per heavy atom. The molecule has 2 nitrogen and oxygen atoms in total. The monoisotopic (exact) mass is 189 g/mol. The number of halogens is 1. The summed E-state index contributed by atoms with van der Waals surface area (Å²) in [5.41, 5.74) is 0. The predicted octanol–water partition coefficient (Wildman–Crippen LogP) is 3.08. The van der Waals surface area contributed by atoms with E-state index in [0.29, 0.717) is 18.0 Å². The average Bonchev–Trinajstić information content (AvgIpc) is 2.12. The standard InChI is InChI=1S/C10H20FNO/c1-3-5-6-7-9-12(11)10(13)8-4-2/h3-9H2,1-2H3. The van der Waals surface area contributed by atoms with Gasteiger partial charge in [-0.3, -0.25) is 4.79 Å². The van der Waals surface area contributed by atoms with Crippen LogP contribution >= 0.6 is 0 Å². The third kappa shape index (κ3) is 6.55. The van der Waals surface area contributed by atoms with E-state index >= 15 is 0 Å². The topological polar surface area (TPSA) is 20.3 Å². The molecule has 0 aromatic heterocycles. The van der Waals surface area contributed by atoms with Gasteiger partial charge in [-0.2, -0.15) is 5.12 Å². The summed E-state index contributed by atoms with van der Waals surface area (Å²) in [7, 11) is 0. The molecule has 0 N–H and O–H groups in total. The first kappa shape index (κ1) is 12.4. The fourth-order valence-electron chi connectivity index (χ4n) is 1.14. The Hall–Kier alpha value is -0.600. The zero-order chi connectivity index (χ0) is 10.1. The first-order valence-corrected chi connectivity index (χ1v) is 5.18. The van der Waals surface area contributed by atoms with E-state index in [1.807, 2.05) is 6.92 Å². The smallest absolute Gasteiger partial charge is 0.250 e. The lowest BCUT2D eigenvalue weighted by atomic mass is 10.2. The maximum absolute atomic E-state index is 12.9. The lowest BCUT2D eigenvalue weighted by Gasteiger charge is -2.10. The van der Waals surface area contributed by atoms with Crippen LogP contribution in [0.25, 0.3) is 0 Å². The number of nitrogens with zero attached hydrogens (tertiary/aromatic N) is 1. The van der Waals surface area contributed by atoms with Gasteiger partial charge in [-0.15, -0.1) is 0 Å². The number of hydrogen-bond acceptors (Lipinski definition) is 1. The van der Waals surface area contributed by atoms with Crippen LogP contribution in [-0.2, 0) is 4.79 Å². The molecule has 3 heteroatoms. The van der Waals surface area contributed by atoms with E-state index in [9.17, 15) is 9.28 Å². The quantitative estimate of drug-likeness (QED) is 0.445. The van der Waals surface area contributed by atoms with E-state index in [1.165, 1.54) is 0 Å². The summed E-state index contributed by atoms with van der Waals surface area (Å²) in [6, 6.07) is 0. The molecule has 0 radical (unpaired) electrons. The third-order valence-corrected chi connectivity index (χ3v) is 1.94. The molecule has 0 saturated heterocycles. The molecule has 0 unspecified atom stereocenters. The highest BCUT2D eigenvalue weighted by Crippen LogP contribution is 2.04. The van der Waals surface area contributed by atoms with Crippen LogP contribution in [0.2, 0.25) is 0 Å². The summed E-state index contributed by atoms with van der Waals surface area (Å²) >= 11 is 0. The molecular formula is C10H20FNO. The van der Waals surface area contributed by atoms with Crippen LogP contribution in [0.1, 0.15) is 52.4 Å². The van der Waals surface area contributed by atoms with Gasteiger partial charge in [0.2, 0.25) is 5.91 Å². The van der Waals surface area contributed by atoms with Crippen molar-refractivity contribution in [1.29, 1.82) is 0 Å². The molecule has 0 rings (SSSR count). The fraction of sp³-hybridized carbons (Fsp3) is 0.900. The van der Waals surface area contributed by atoms with Crippen molar-refractivity contribution in [2.45, 2.75) is 52.4 Å². The van der Waals surface area contributed by atoms with Gasteiger partial charge in [-0.25, -0.2) is 0 Å². The summed E-state index contributed by atoms with van der Waals surface area (Å²) in [4.78, 5) is 11.0. The Labute approximate surface area is 80.0 Å². The second-order valence-electron chi connectivity index (χ2n) is 3.29. The number of carbonyl (C=O) groups excluding carboxylic acids is 1. The van der Waals surface area contributed by atoms with Crippen molar-refractivity contribution in [1.82, 2.24) is 5.12 Å². The zero-order valence-electron chi connectivity index (χ0n) is 8.68. The molecular weight excluding hydrogens is 169 g/mol. The summed E-state index contributed by atoms with van der Waals surface area (Å²) in [5.74, 6) is -0.376. The third-order valence-electron chi connectivity index (χ3n) is 1.94. The highest BCUT2D eigenvalue weighted by molar-refractivity contribution is 5.74. The Bertz CT molecular complexity index is 139. The molecule has 0 fully saturated rings. The van der Waals surface area contributed by atoms with Gasteiger partial charge in [0.15, 0.2) is 0 Å². The van der Waals surface area contributed by atoms with Gasteiger partial charge >= 0.3 is 0 Å². The van der Waals surface area contributed by atoms with E-state index in [4.69, 9.17) is 0 Å². The molecule has 0 spiro atoms. The van der Waals surface area contributed by atoms with Crippen molar-refractivity contribution in [3.63, 3.8) is 0 Å². The number of carbonyl (C=O) groups is 1. The first-order valence-electron chi connectivity index (χ1n) is 5.18. The zero-order valence-corrected chi connectivity index (χ0v) is 8.68. The molecule has 13 heavy (non-hydrogen) atoms. The Morgan fingerprint density at radius 1 is 1.15 bits per heavy atom. The number of unbranched alkanes of at least 4 members (excludes halogenated alkanes) is 3. The highest BCUT2D eigenvalue weighted by Gasteiger charge is 2.09. The van der Waals surface area contributed by atoms with Crippen molar-refractivity contribution < 1.29 is 9.28 Å². The van der Waals surface area contributed by atoms with E-state index < -0.39 is 0 Å². The average molecular weight is 189 g/mol. The molecule has 0 heterocycles. The SMILES string of the molecule is CCCCCCN(F)C(=O)CCC. The van der Waals surface area contributed by atoms with Gasteiger partial charge < -0.3 is 0 Å². The van der Waals surface area contributed by atoms with Crippen molar-refractivity contribution in [3.8, 4) is 0 Å². The summed E-state index contributed by atoms with van der Waals surface area (Å²) in [6.45, 7) is 4.25. The minimum absolute atomic E-state index is 0.263. The van der Waals surface area contributed by atoms with Crippen LogP contribution in [-0.4, -0.2) is 17.6 Å². The van der Waals surface area contributed by atoms with Gasteiger partial charge in [-0.05, 0) is 12.8 Å². The maximum atomic E-state index is 12.9. The second-order valence-corrected chi connectivity index (χ2v) is 3.29. The Balaban J connectivity index is 3.38. The number of rotatable bonds is 7. The van der Waals surface area contributed by atoms with Crippen LogP contribution in [0.5, 0.6) is 0 Å². The first-order chi connectivity index (χ1) is 6.22. The van der Waals surface area contributed by atoms with Crippen LogP contribution in [0, 0.1) is 0 Å². The molecule has 1 amide bonds. The molecule has 0 saturated carbocycles.